The molecule has 5 nitrogen and oxygen atoms in total. The number of hydrogen-bond donors (Lipinski definition) is 2. The van der Waals surface area contributed by atoms with Crippen LogP contribution in [0.1, 0.15) is 39.0 Å². The summed E-state index contributed by atoms with van der Waals surface area (Å²) in [6.45, 7) is 6.05. The number of piperidine rings is 1. The zero-order chi connectivity index (χ0) is 13.9. The standard InChI is InChI=1S/C14H24N2O3/c1-2-16-8-4-11(5-9-16)10-15-12(17)14(13(18)19)6-3-7-14/h11H,2-10H2,1H3,(H,15,17)(H,18,19). The third-order valence-corrected chi connectivity index (χ3v) is 4.76. The smallest absolute Gasteiger partial charge is 0.319 e. The molecule has 0 radical (unpaired) electrons. The van der Waals surface area contributed by atoms with E-state index < -0.39 is 11.4 Å². The summed E-state index contributed by atoms with van der Waals surface area (Å²) in [5, 5.41) is 12.1. The molecule has 0 spiro atoms. The van der Waals surface area contributed by atoms with Crippen LogP contribution in [-0.4, -0.2) is 48.1 Å². The zero-order valence-corrected chi connectivity index (χ0v) is 11.7. The Balaban J connectivity index is 1.77. The molecule has 1 saturated heterocycles. The minimum atomic E-state index is -1.12. The number of carboxylic acids is 1. The van der Waals surface area contributed by atoms with Gasteiger partial charge in [-0.05, 0) is 51.2 Å². The Morgan fingerprint density at radius 3 is 2.37 bits per heavy atom. The lowest BCUT2D eigenvalue weighted by molar-refractivity contribution is -0.162. The molecular formula is C14H24N2O3. The van der Waals surface area contributed by atoms with E-state index in [4.69, 9.17) is 0 Å². The summed E-state index contributed by atoms with van der Waals surface area (Å²) >= 11 is 0. The van der Waals surface area contributed by atoms with Gasteiger partial charge in [-0.25, -0.2) is 0 Å². The molecule has 1 saturated carbocycles. The summed E-state index contributed by atoms with van der Waals surface area (Å²) in [5.41, 5.74) is -1.12. The van der Waals surface area contributed by atoms with Crippen molar-refractivity contribution in [3.63, 3.8) is 0 Å². The van der Waals surface area contributed by atoms with Gasteiger partial charge in [0, 0.05) is 6.54 Å². The molecule has 2 rings (SSSR count). The Morgan fingerprint density at radius 1 is 1.32 bits per heavy atom. The summed E-state index contributed by atoms with van der Waals surface area (Å²) in [5.74, 6) is -0.737. The van der Waals surface area contributed by atoms with Gasteiger partial charge in [0.05, 0.1) is 0 Å². The highest BCUT2D eigenvalue weighted by molar-refractivity contribution is 6.02. The lowest BCUT2D eigenvalue weighted by Gasteiger charge is -2.37. The van der Waals surface area contributed by atoms with Gasteiger partial charge in [-0.15, -0.1) is 0 Å². The van der Waals surface area contributed by atoms with Gasteiger partial charge in [0.2, 0.25) is 5.91 Å². The van der Waals surface area contributed by atoms with Crippen LogP contribution < -0.4 is 5.32 Å². The summed E-state index contributed by atoms with van der Waals surface area (Å²) in [6, 6.07) is 0. The number of nitrogens with one attached hydrogen (secondary N) is 1. The van der Waals surface area contributed by atoms with Gasteiger partial charge in [-0.1, -0.05) is 13.3 Å². The molecule has 0 bridgehead atoms. The SMILES string of the molecule is CCN1CCC(CNC(=O)C2(C(=O)O)CCC2)CC1. The fourth-order valence-electron chi connectivity index (χ4n) is 2.98. The van der Waals surface area contributed by atoms with E-state index in [9.17, 15) is 14.7 Å². The second-order valence-corrected chi connectivity index (χ2v) is 5.83. The number of carbonyl (C=O) groups excluding carboxylic acids is 1. The number of rotatable bonds is 5. The molecule has 1 amide bonds. The second-order valence-electron chi connectivity index (χ2n) is 5.83. The van der Waals surface area contributed by atoms with Crippen molar-refractivity contribution in [1.82, 2.24) is 10.2 Å². The van der Waals surface area contributed by atoms with Crippen molar-refractivity contribution in [2.24, 2.45) is 11.3 Å². The maximum absolute atomic E-state index is 12.0. The van der Waals surface area contributed by atoms with Crippen LogP contribution in [0.4, 0.5) is 0 Å². The van der Waals surface area contributed by atoms with E-state index in [-0.39, 0.29) is 5.91 Å². The van der Waals surface area contributed by atoms with Crippen molar-refractivity contribution in [2.45, 2.75) is 39.0 Å². The third kappa shape index (κ3) is 2.91. The lowest BCUT2D eigenvalue weighted by Crippen LogP contribution is -2.52. The normalized spacial score (nSPS) is 23.6. The number of carboxylic acid groups (broad SMARTS) is 1. The topological polar surface area (TPSA) is 69.6 Å². The molecule has 0 atom stereocenters. The predicted octanol–water partition coefficient (Wildman–Crippen LogP) is 1.09. The van der Waals surface area contributed by atoms with Crippen molar-refractivity contribution in [1.29, 1.82) is 0 Å². The van der Waals surface area contributed by atoms with Crippen molar-refractivity contribution in [2.75, 3.05) is 26.2 Å². The van der Waals surface area contributed by atoms with Crippen LogP contribution in [0.15, 0.2) is 0 Å². The van der Waals surface area contributed by atoms with Crippen molar-refractivity contribution >= 4 is 11.9 Å². The van der Waals surface area contributed by atoms with E-state index in [0.717, 1.165) is 38.9 Å². The second kappa shape index (κ2) is 5.90. The van der Waals surface area contributed by atoms with Gasteiger partial charge in [-0.3, -0.25) is 9.59 Å². The molecule has 0 aromatic rings. The Labute approximate surface area is 114 Å². The van der Waals surface area contributed by atoms with Gasteiger partial charge >= 0.3 is 5.97 Å². The molecule has 0 unspecified atom stereocenters. The Morgan fingerprint density at radius 2 is 1.95 bits per heavy atom. The first-order chi connectivity index (χ1) is 9.08. The molecule has 108 valence electrons. The zero-order valence-electron chi connectivity index (χ0n) is 11.7. The molecule has 1 aliphatic heterocycles. The molecule has 0 aromatic heterocycles. The van der Waals surface area contributed by atoms with Crippen LogP contribution in [-0.2, 0) is 9.59 Å². The Kier molecular flexibility index (Phi) is 4.45. The van der Waals surface area contributed by atoms with E-state index in [1.165, 1.54) is 0 Å². The van der Waals surface area contributed by atoms with Gasteiger partial charge < -0.3 is 15.3 Å². The monoisotopic (exact) mass is 268 g/mol. The van der Waals surface area contributed by atoms with Gasteiger partial charge in [-0.2, -0.15) is 0 Å². The molecule has 2 N–H and O–H groups in total. The number of aliphatic carboxylic acids is 1. The average Bonchev–Trinajstić information content (AvgIpc) is 2.35. The van der Waals surface area contributed by atoms with Gasteiger partial charge in [0.15, 0.2) is 0 Å². The largest absolute Gasteiger partial charge is 0.480 e. The lowest BCUT2D eigenvalue weighted by atomic mass is 9.68. The number of hydrogen-bond acceptors (Lipinski definition) is 3. The summed E-state index contributed by atoms with van der Waals surface area (Å²) in [4.78, 5) is 25.7. The molecule has 5 heteroatoms. The maximum atomic E-state index is 12.0. The Bertz CT molecular complexity index is 345. The Hall–Kier alpha value is -1.10. The highest BCUT2D eigenvalue weighted by Gasteiger charge is 2.51. The van der Waals surface area contributed by atoms with Crippen LogP contribution in [0, 0.1) is 11.3 Å². The van der Waals surface area contributed by atoms with E-state index >= 15 is 0 Å². The van der Waals surface area contributed by atoms with E-state index in [1.807, 2.05) is 0 Å². The van der Waals surface area contributed by atoms with E-state index in [1.54, 1.807) is 0 Å². The summed E-state index contributed by atoms with van der Waals surface area (Å²) < 4.78 is 0. The molecule has 2 aliphatic rings. The number of carbonyl (C=O) groups is 2. The molecule has 19 heavy (non-hydrogen) atoms. The van der Waals surface area contributed by atoms with Crippen LogP contribution in [0.3, 0.4) is 0 Å². The van der Waals surface area contributed by atoms with Crippen LogP contribution in [0.25, 0.3) is 0 Å². The first-order valence-corrected chi connectivity index (χ1v) is 7.32. The van der Waals surface area contributed by atoms with Gasteiger partial charge in [0.25, 0.3) is 0 Å². The highest BCUT2D eigenvalue weighted by atomic mass is 16.4. The van der Waals surface area contributed by atoms with Crippen molar-refractivity contribution in [3.8, 4) is 0 Å². The first-order valence-electron chi connectivity index (χ1n) is 7.32. The molecule has 2 fully saturated rings. The summed E-state index contributed by atoms with van der Waals surface area (Å²) in [7, 11) is 0. The summed E-state index contributed by atoms with van der Waals surface area (Å²) in [6.07, 6.45) is 4.00. The van der Waals surface area contributed by atoms with Crippen molar-refractivity contribution < 1.29 is 14.7 Å². The minimum absolute atomic E-state index is 0.274. The predicted molar refractivity (Wildman–Crippen MR) is 71.8 cm³/mol. The maximum Gasteiger partial charge on any atom is 0.319 e. The number of amides is 1. The van der Waals surface area contributed by atoms with Gasteiger partial charge in [0.1, 0.15) is 5.41 Å². The minimum Gasteiger partial charge on any atom is -0.480 e. The van der Waals surface area contributed by atoms with E-state index in [0.29, 0.717) is 25.3 Å². The van der Waals surface area contributed by atoms with E-state index in [2.05, 4.69) is 17.1 Å². The average molecular weight is 268 g/mol. The first kappa shape index (κ1) is 14.3. The van der Waals surface area contributed by atoms with Crippen LogP contribution >= 0.6 is 0 Å². The molecule has 1 heterocycles. The number of nitrogens with zero attached hydrogens (tertiary/aromatic N) is 1. The fourth-order valence-corrected chi connectivity index (χ4v) is 2.98. The fraction of sp³-hybridized carbons (Fsp3) is 0.857. The highest BCUT2D eigenvalue weighted by Crippen LogP contribution is 2.41. The molecule has 1 aliphatic carbocycles. The van der Waals surface area contributed by atoms with Crippen molar-refractivity contribution in [3.05, 3.63) is 0 Å². The number of likely N-dealkylation sites (tertiary alicyclic amines) is 1. The molecular weight excluding hydrogens is 244 g/mol. The molecule has 0 aromatic carbocycles. The quantitative estimate of drug-likeness (QED) is 0.732. The van der Waals surface area contributed by atoms with Crippen LogP contribution in [0.5, 0.6) is 0 Å². The van der Waals surface area contributed by atoms with Crippen LogP contribution in [0.2, 0.25) is 0 Å². The third-order valence-electron chi connectivity index (χ3n) is 4.76.